The SMILES string of the molecule is CC(C)[Si](C#C/C=C(\Sc1ccccc1)c1ccc(C(F)(F)F)cc1)(C(C)C)C(C)C. The summed E-state index contributed by atoms with van der Waals surface area (Å²) >= 11 is 1.52. The molecule has 2 rings (SSSR count). The van der Waals surface area contributed by atoms with Gasteiger partial charge in [0.1, 0.15) is 8.07 Å². The summed E-state index contributed by atoms with van der Waals surface area (Å²) in [4.78, 5) is 1.88. The lowest BCUT2D eigenvalue weighted by Gasteiger charge is -2.38. The Labute approximate surface area is 190 Å². The standard InChI is InChI=1S/C26H31F3SSi/c1-19(2)31(20(3)4,21(5)6)18-10-13-25(30-24-11-8-7-9-12-24)22-14-16-23(17-15-22)26(27,28)29/h7-9,11-17,19-21H,1-6H3/b25-13-. The first kappa shape index (κ1) is 25.4. The van der Waals surface area contributed by atoms with Gasteiger partial charge in [0, 0.05) is 15.9 Å². The van der Waals surface area contributed by atoms with Gasteiger partial charge in [0.2, 0.25) is 0 Å². The molecule has 0 aromatic heterocycles. The van der Waals surface area contributed by atoms with Gasteiger partial charge < -0.3 is 0 Å². The Morgan fingerprint density at radius 1 is 0.839 bits per heavy atom. The van der Waals surface area contributed by atoms with E-state index >= 15 is 0 Å². The lowest BCUT2D eigenvalue weighted by atomic mass is 10.1. The number of halogens is 3. The molecule has 0 N–H and O–H groups in total. The summed E-state index contributed by atoms with van der Waals surface area (Å²) in [6.07, 6.45) is -2.46. The second-order valence-electron chi connectivity index (χ2n) is 8.67. The van der Waals surface area contributed by atoms with E-state index in [0.29, 0.717) is 16.6 Å². The summed E-state index contributed by atoms with van der Waals surface area (Å²) in [6, 6.07) is 15.2. The summed E-state index contributed by atoms with van der Waals surface area (Å²) in [5.74, 6) is 3.34. The van der Waals surface area contributed by atoms with Crippen LogP contribution in [0.15, 0.2) is 65.6 Å². The van der Waals surface area contributed by atoms with Crippen LogP contribution in [0.2, 0.25) is 16.6 Å². The quantitative estimate of drug-likeness (QED) is 0.235. The highest BCUT2D eigenvalue weighted by Crippen LogP contribution is 2.41. The molecule has 0 aliphatic carbocycles. The summed E-state index contributed by atoms with van der Waals surface area (Å²) in [5.41, 5.74) is 5.32. The molecule has 31 heavy (non-hydrogen) atoms. The number of rotatable bonds is 6. The van der Waals surface area contributed by atoms with Crippen LogP contribution in [-0.2, 0) is 6.18 Å². The van der Waals surface area contributed by atoms with Crippen LogP contribution in [0.25, 0.3) is 4.91 Å². The molecular formula is C26H31F3SSi. The first-order chi connectivity index (χ1) is 14.5. The lowest BCUT2D eigenvalue weighted by Crippen LogP contribution is -2.43. The number of benzene rings is 2. The molecule has 0 spiro atoms. The second-order valence-corrected chi connectivity index (χ2v) is 15.4. The normalized spacial score (nSPS) is 13.0. The maximum Gasteiger partial charge on any atom is 0.416 e. The average molecular weight is 461 g/mol. The van der Waals surface area contributed by atoms with Gasteiger partial charge in [-0.25, -0.2) is 0 Å². The van der Waals surface area contributed by atoms with Crippen LogP contribution in [0.1, 0.15) is 52.7 Å². The van der Waals surface area contributed by atoms with Crippen LogP contribution < -0.4 is 0 Å². The first-order valence-electron chi connectivity index (χ1n) is 10.6. The van der Waals surface area contributed by atoms with E-state index in [1.54, 1.807) is 0 Å². The zero-order chi connectivity index (χ0) is 23.2. The van der Waals surface area contributed by atoms with E-state index in [1.807, 2.05) is 36.4 Å². The van der Waals surface area contributed by atoms with Crippen LogP contribution in [0.5, 0.6) is 0 Å². The number of allylic oxidation sites excluding steroid dienone is 1. The Balaban J connectivity index is 2.51. The Bertz CT molecular complexity index is 909. The van der Waals surface area contributed by atoms with Crippen molar-refractivity contribution in [2.75, 3.05) is 0 Å². The van der Waals surface area contributed by atoms with E-state index < -0.39 is 19.8 Å². The fourth-order valence-corrected chi connectivity index (χ4v) is 10.4. The van der Waals surface area contributed by atoms with Gasteiger partial charge >= 0.3 is 6.18 Å². The van der Waals surface area contributed by atoms with E-state index in [9.17, 15) is 13.2 Å². The monoisotopic (exact) mass is 460 g/mol. The molecule has 2 aromatic rings. The van der Waals surface area contributed by atoms with Crippen molar-refractivity contribution in [2.24, 2.45) is 0 Å². The molecule has 0 saturated heterocycles. The number of thioether (sulfide) groups is 1. The fourth-order valence-electron chi connectivity index (χ4n) is 4.27. The van der Waals surface area contributed by atoms with Crippen molar-refractivity contribution < 1.29 is 13.2 Å². The van der Waals surface area contributed by atoms with Crippen molar-refractivity contribution in [3.63, 3.8) is 0 Å². The van der Waals surface area contributed by atoms with Crippen LogP contribution in [0, 0.1) is 11.5 Å². The molecule has 0 nitrogen and oxygen atoms in total. The smallest absolute Gasteiger partial charge is 0.166 e. The van der Waals surface area contributed by atoms with Gasteiger partial charge in [-0.2, -0.15) is 13.2 Å². The molecule has 0 amide bonds. The largest absolute Gasteiger partial charge is 0.416 e. The third kappa shape index (κ3) is 6.30. The van der Waals surface area contributed by atoms with Crippen molar-refractivity contribution in [1.29, 1.82) is 0 Å². The topological polar surface area (TPSA) is 0 Å². The molecule has 0 unspecified atom stereocenters. The highest BCUT2D eigenvalue weighted by molar-refractivity contribution is 8.08. The summed E-state index contributed by atoms with van der Waals surface area (Å²) in [6.45, 7) is 13.6. The Morgan fingerprint density at radius 3 is 1.81 bits per heavy atom. The summed E-state index contributed by atoms with van der Waals surface area (Å²) in [7, 11) is -1.88. The highest BCUT2D eigenvalue weighted by atomic mass is 32.2. The maximum absolute atomic E-state index is 13.0. The number of alkyl halides is 3. The van der Waals surface area contributed by atoms with Gasteiger partial charge in [0.05, 0.1) is 5.56 Å². The van der Waals surface area contributed by atoms with Crippen molar-refractivity contribution in [2.45, 2.75) is 69.2 Å². The average Bonchev–Trinajstić information content (AvgIpc) is 2.69. The molecule has 0 fully saturated rings. The molecule has 5 heteroatoms. The Hall–Kier alpha value is -1.90. The van der Waals surface area contributed by atoms with E-state index in [2.05, 4.69) is 53.0 Å². The van der Waals surface area contributed by atoms with E-state index in [0.717, 1.165) is 27.5 Å². The molecule has 0 saturated carbocycles. The molecule has 166 valence electrons. The van der Waals surface area contributed by atoms with Gasteiger partial charge in [-0.05, 0) is 46.5 Å². The van der Waals surface area contributed by atoms with Crippen LogP contribution in [-0.4, -0.2) is 8.07 Å². The molecular weight excluding hydrogens is 429 g/mol. The van der Waals surface area contributed by atoms with Gasteiger partial charge in [-0.3, -0.25) is 0 Å². The molecule has 0 atom stereocenters. The van der Waals surface area contributed by atoms with E-state index in [-0.39, 0.29) is 0 Å². The van der Waals surface area contributed by atoms with E-state index in [1.165, 1.54) is 23.9 Å². The maximum atomic E-state index is 13.0. The number of hydrogen-bond donors (Lipinski definition) is 0. The Kier molecular flexibility index (Phi) is 8.68. The third-order valence-electron chi connectivity index (χ3n) is 5.83. The zero-order valence-electron chi connectivity index (χ0n) is 19.0. The summed E-state index contributed by atoms with van der Waals surface area (Å²) < 4.78 is 39.0. The van der Waals surface area contributed by atoms with Gasteiger partial charge in [-0.15, -0.1) is 5.54 Å². The predicted octanol–water partition coefficient (Wildman–Crippen LogP) is 9.06. The molecule has 0 bridgehead atoms. The van der Waals surface area contributed by atoms with Crippen LogP contribution in [0.3, 0.4) is 0 Å². The predicted molar refractivity (Wildman–Crippen MR) is 131 cm³/mol. The number of hydrogen-bond acceptors (Lipinski definition) is 1. The fraction of sp³-hybridized carbons (Fsp3) is 0.385. The van der Waals surface area contributed by atoms with Gasteiger partial charge in [0.15, 0.2) is 0 Å². The first-order valence-corrected chi connectivity index (χ1v) is 13.7. The minimum atomic E-state index is -4.34. The minimum absolute atomic E-state index is 0.518. The van der Waals surface area contributed by atoms with E-state index in [4.69, 9.17) is 0 Å². The van der Waals surface area contributed by atoms with Gasteiger partial charge in [-0.1, -0.05) is 89.6 Å². The highest BCUT2D eigenvalue weighted by Gasteiger charge is 2.41. The molecule has 2 aromatic carbocycles. The zero-order valence-corrected chi connectivity index (χ0v) is 20.9. The molecule has 0 aliphatic heterocycles. The lowest BCUT2D eigenvalue weighted by molar-refractivity contribution is -0.137. The molecule has 0 radical (unpaired) electrons. The van der Waals surface area contributed by atoms with Gasteiger partial charge in [0.25, 0.3) is 0 Å². The van der Waals surface area contributed by atoms with Crippen molar-refractivity contribution in [3.8, 4) is 11.5 Å². The van der Waals surface area contributed by atoms with Crippen molar-refractivity contribution in [1.82, 2.24) is 0 Å². The molecule has 0 aliphatic rings. The minimum Gasteiger partial charge on any atom is -0.166 e. The summed E-state index contributed by atoms with van der Waals surface area (Å²) in [5, 5.41) is 0. The molecule has 0 heterocycles. The second kappa shape index (κ2) is 10.6. The van der Waals surface area contributed by atoms with Crippen LogP contribution >= 0.6 is 11.8 Å². The van der Waals surface area contributed by atoms with Crippen LogP contribution in [0.4, 0.5) is 13.2 Å². The van der Waals surface area contributed by atoms with Crippen molar-refractivity contribution in [3.05, 3.63) is 71.8 Å². The Morgan fingerprint density at radius 2 is 1.35 bits per heavy atom. The van der Waals surface area contributed by atoms with Crippen molar-refractivity contribution >= 4 is 24.7 Å². The third-order valence-corrected chi connectivity index (χ3v) is 13.2.